The lowest BCUT2D eigenvalue weighted by Crippen LogP contribution is -2.60. The second-order valence-electron chi connectivity index (χ2n) is 6.04. The Bertz CT molecular complexity index is 305. The van der Waals surface area contributed by atoms with E-state index < -0.39 is 0 Å². The quantitative estimate of drug-likeness (QED) is 0.732. The third-order valence-electron chi connectivity index (χ3n) is 4.00. The maximum atomic E-state index is 11.9. The molecule has 2 fully saturated rings. The first-order valence-electron chi connectivity index (χ1n) is 6.81. The first kappa shape index (κ1) is 13.8. The summed E-state index contributed by atoms with van der Waals surface area (Å²) in [5.41, 5.74) is -0.143. The van der Waals surface area contributed by atoms with Crippen molar-refractivity contribution in [3.05, 3.63) is 0 Å². The second-order valence-corrected chi connectivity index (χ2v) is 6.04. The van der Waals surface area contributed by atoms with E-state index in [9.17, 15) is 4.79 Å². The number of nitrogens with one attached hydrogen (secondary N) is 2. The van der Waals surface area contributed by atoms with E-state index in [1.165, 1.54) is 0 Å². The van der Waals surface area contributed by atoms with Crippen molar-refractivity contribution in [3.8, 4) is 0 Å². The molecule has 0 aromatic heterocycles. The Morgan fingerprint density at radius 3 is 2.83 bits per heavy atom. The van der Waals surface area contributed by atoms with Crippen molar-refractivity contribution in [3.63, 3.8) is 0 Å². The number of nitrogens with zero attached hydrogens (tertiary/aromatic N) is 1. The average Bonchev–Trinajstić information content (AvgIpc) is 2.28. The smallest absolute Gasteiger partial charge is 0.246 e. The fourth-order valence-electron chi connectivity index (χ4n) is 2.64. The Morgan fingerprint density at radius 1 is 1.56 bits per heavy atom. The van der Waals surface area contributed by atoms with Gasteiger partial charge in [-0.3, -0.25) is 4.79 Å². The van der Waals surface area contributed by atoms with Gasteiger partial charge in [-0.1, -0.05) is 6.92 Å². The molecular formula is C13H25N3O2. The number of ether oxygens (including phenoxy) is 1. The summed E-state index contributed by atoms with van der Waals surface area (Å²) in [5.74, 6) is 0.526. The molecule has 2 heterocycles. The van der Waals surface area contributed by atoms with Crippen LogP contribution in [-0.4, -0.2) is 62.3 Å². The van der Waals surface area contributed by atoms with Gasteiger partial charge in [0, 0.05) is 25.7 Å². The largest absolute Gasteiger partial charge is 0.363 e. The number of hydrogen-bond donors (Lipinski definition) is 2. The van der Waals surface area contributed by atoms with E-state index in [1.54, 1.807) is 0 Å². The highest BCUT2D eigenvalue weighted by Gasteiger charge is 2.33. The van der Waals surface area contributed by atoms with E-state index in [0.717, 1.165) is 32.6 Å². The summed E-state index contributed by atoms with van der Waals surface area (Å²) in [6.07, 6.45) is 1.03. The molecule has 5 heteroatoms. The fraction of sp³-hybridized carbons (Fsp3) is 0.923. The van der Waals surface area contributed by atoms with E-state index in [-0.39, 0.29) is 18.1 Å². The molecule has 2 aliphatic heterocycles. The van der Waals surface area contributed by atoms with Gasteiger partial charge < -0.3 is 20.3 Å². The number of amides is 1. The molecule has 0 aliphatic carbocycles. The third kappa shape index (κ3) is 3.43. The van der Waals surface area contributed by atoms with E-state index in [1.807, 2.05) is 6.92 Å². The summed E-state index contributed by atoms with van der Waals surface area (Å²) < 4.78 is 5.64. The zero-order chi connectivity index (χ0) is 13.2. The zero-order valence-corrected chi connectivity index (χ0v) is 11.7. The average molecular weight is 255 g/mol. The van der Waals surface area contributed by atoms with Gasteiger partial charge in [-0.25, -0.2) is 0 Å². The lowest BCUT2D eigenvalue weighted by molar-refractivity contribution is -0.137. The molecule has 0 bridgehead atoms. The monoisotopic (exact) mass is 255 g/mol. The Morgan fingerprint density at radius 2 is 2.28 bits per heavy atom. The van der Waals surface area contributed by atoms with Gasteiger partial charge in [0.25, 0.3) is 0 Å². The van der Waals surface area contributed by atoms with Crippen molar-refractivity contribution >= 4 is 5.91 Å². The van der Waals surface area contributed by atoms with Crippen LogP contribution in [0.2, 0.25) is 0 Å². The van der Waals surface area contributed by atoms with Crippen molar-refractivity contribution in [1.29, 1.82) is 0 Å². The van der Waals surface area contributed by atoms with E-state index in [4.69, 9.17) is 4.74 Å². The number of carbonyl (C=O) groups excluding carboxylic acids is 1. The highest BCUT2D eigenvalue weighted by molar-refractivity contribution is 5.77. The molecule has 5 nitrogen and oxygen atoms in total. The van der Waals surface area contributed by atoms with Crippen LogP contribution in [0, 0.1) is 5.92 Å². The Balaban J connectivity index is 1.70. The van der Waals surface area contributed by atoms with Gasteiger partial charge in [0.1, 0.15) is 6.61 Å². The van der Waals surface area contributed by atoms with Crippen LogP contribution in [0.15, 0.2) is 0 Å². The molecule has 2 rings (SSSR count). The number of piperidine rings is 1. The van der Waals surface area contributed by atoms with Gasteiger partial charge in [-0.05, 0) is 32.9 Å². The normalized spacial score (nSPS) is 31.7. The number of rotatable bonds is 4. The maximum absolute atomic E-state index is 11.9. The van der Waals surface area contributed by atoms with Crippen LogP contribution in [0.4, 0.5) is 0 Å². The second kappa shape index (κ2) is 5.55. The lowest BCUT2D eigenvalue weighted by atomic mass is 9.94. The summed E-state index contributed by atoms with van der Waals surface area (Å²) in [5, 5.41) is 6.26. The molecule has 0 radical (unpaired) electrons. The zero-order valence-electron chi connectivity index (χ0n) is 11.7. The molecule has 2 N–H and O–H groups in total. The number of carbonyl (C=O) groups is 1. The van der Waals surface area contributed by atoms with Gasteiger partial charge in [0.05, 0.1) is 5.60 Å². The van der Waals surface area contributed by atoms with E-state index >= 15 is 0 Å². The van der Waals surface area contributed by atoms with Gasteiger partial charge in [0.2, 0.25) is 5.91 Å². The van der Waals surface area contributed by atoms with Crippen molar-refractivity contribution in [2.75, 3.05) is 39.8 Å². The van der Waals surface area contributed by atoms with Crippen LogP contribution >= 0.6 is 0 Å². The molecule has 18 heavy (non-hydrogen) atoms. The molecular weight excluding hydrogens is 230 g/mol. The molecule has 0 aromatic carbocycles. The van der Waals surface area contributed by atoms with E-state index in [2.05, 4.69) is 29.5 Å². The number of hydrogen-bond acceptors (Lipinski definition) is 4. The van der Waals surface area contributed by atoms with Gasteiger partial charge in [-0.2, -0.15) is 0 Å². The minimum atomic E-state index is -0.143. The third-order valence-corrected chi connectivity index (χ3v) is 4.00. The van der Waals surface area contributed by atoms with Crippen LogP contribution < -0.4 is 10.6 Å². The molecule has 0 saturated carbocycles. The van der Waals surface area contributed by atoms with Crippen molar-refractivity contribution in [1.82, 2.24) is 15.5 Å². The van der Waals surface area contributed by atoms with Crippen LogP contribution in [0.1, 0.15) is 20.3 Å². The van der Waals surface area contributed by atoms with E-state index in [0.29, 0.717) is 12.0 Å². The summed E-state index contributed by atoms with van der Waals surface area (Å²) in [7, 11) is 2.13. The summed E-state index contributed by atoms with van der Waals surface area (Å²) in [6.45, 7) is 8.19. The predicted molar refractivity (Wildman–Crippen MR) is 70.4 cm³/mol. The highest BCUT2D eigenvalue weighted by Crippen LogP contribution is 2.16. The SMILES string of the molecule is CC1CN(C)CCC1NC(=O)COC1(C)CNC1. The van der Waals surface area contributed by atoms with Crippen LogP contribution in [0.25, 0.3) is 0 Å². The first-order chi connectivity index (χ1) is 8.48. The fourth-order valence-corrected chi connectivity index (χ4v) is 2.64. The first-order valence-corrected chi connectivity index (χ1v) is 6.81. The summed E-state index contributed by atoms with van der Waals surface area (Å²) in [6, 6.07) is 0.296. The van der Waals surface area contributed by atoms with Crippen LogP contribution in [0.5, 0.6) is 0 Å². The van der Waals surface area contributed by atoms with Crippen LogP contribution in [-0.2, 0) is 9.53 Å². The topological polar surface area (TPSA) is 53.6 Å². The Kier molecular flexibility index (Phi) is 4.25. The molecule has 2 saturated heterocycles. The molecule has 1 amide bonds. The summed E-state index contributed by atoms with van der Waals surface area (Å²) in [4.78, 5) is 14.2. The molecule has 2 unspecified atom stereocenters. The van der Waals surface area contributed by atoms with Crippen molar-refractivity contribution in [2.24, 2.45) is 5.92 Å². The summed E-state index contributed by atoms with van der Waals surface area (Å²) >= 11 is 0. The minimum absolute atomic E-state index is 0.0181. The lowest BCUT2D eigenvalue weighted by Gasteiger charge is -2.39. The van der Waals surface area contributed by atoms with Crippen molar-refractivity contribution in [2.45, 2.75) is 31.9 Å². The molecule has 2 atom stereocenters. The molecule has 0 aromatic rings. The maximum Gasteiger partial charge on any atom is 0.246 e. The standard InChI is InChI=1S/C13H25N3O2/c1-10-6-16(3)5-4-11(10)15-12(17)7-18-13(2)8-14-9-13/h10-11,14H,4-9H2,1-3H3,(H,15,17). The molecule has 104 valence electrons. The van der Waals surface area contributed by atoms with Crippen LogP contribution in [0.3, 0.4) is 0 Å². The number of likely N-dealkylation sites (tertiary alicyclic amines) is 1. The van der Waals surface area contributed by atoms with Crippen molar-refractivity contribution < 1.29 is 9.53 Å². The van der Waals surface area contributed by atoms with Gasteiger partial charge in [-0.15, -0.1) is 0 Å². The van der Waals surface area contributed by atoms with Gasteiger partial charge in [0.15, 0.2) is 0 Å². The minimum Gasteiger partial charge on any atom is -0.363 e. The highest BCUT2D eigenvalue weighted by atomic mass is 16.5. The molecule has 0 spiro atoms. The van der Waals surface area contributed by atoms with Gasteiger partial charge >= 0.3 is 0 Å². The Labute approximate surface area is 109 Å². The molecule has 2 aliphatic rings. The Hall–Kier alpha value is -0.650. The predicted octanol–water partition coefficient (Wildman–Crippen LogP) is -0.179.